The maximum atomic E-state index is 13.7. The number of aryl methyl sites for hydroxylation is 1. The van der Waals surface area contributed by atoms with E-state index in [2.05, 4.69) is 30.0 Å². The van der Waals surface area contributed by atoms with E-state index in [1.807, 2.05) is 51.9 Å². The van der Waals surface area contributed by atoms with Crippen LogP contribution in [-0.2, 0) is 11.3 Å². The molecule has 1 saturated heterocycles. The molecule has 172 valence electrons. The number of fused-ring (bicyclic) bond motifs is 5. The molecule has 2 unspecified atom stereocenters. The number of carbonyl (C=O) groups is 1. The highest BCUT2D eigenvalue weighted by Crippen LogP contribution is 2.41. The molecular formula is C28H26ClN3O2. The molecule has 1 amide bonds. The van der Waals surface area contributed by atoms with E-state index >= 15 is 0 Å². The Morgan fingerprint density at radius 3 is 2.65 bits per heavy atom. The first-order valence-electron chi connectivity index (χ1n) is 11.8. The Kier molecular flexibility index (Phi) is 5.19. The van der Waals surface area contributed by atoms with Gasteiger partial charge in [0.05, 0.1) is 12.4 Å². The zero-order valence-electron chi connectivity index (χ0n) is 19.1. The predicted molar refractivity (Wildman–Crippen MR) is 136 cm³/mol. The second kappa shape index (κ2) is 8.26. The lowest BCUT2D eigenvalue weighted by atomic mass is 9.83. The van der Waals surface area contributed by atoms with Gasteiger partial charge in [0, 0.05) is 53.5 Å². The highest BCUT2D eigenvalue weighted by Gasteiger charge is 2.38. The van der Waals surface area contributed by atoms with Crippen LogP contribution in [0.15, 0.2) is 65.5 Å². The monoisotopic (exact) mass is 471 g/mol. The number of rotatable bonds is 3. The van der Waals surface area contributed by atoms with Crippen molar-refractivity contribution in [1.82, 2.24) is 9.47 Å². The topological polar surface area (TPSA) is 45.6 Å². The molecule has 3 aliphatic rings. The summed E-state index contributed by atoms with van der Waals surface area (Å²) in [5.41, 5.74) is 5.88. The van der Waals surface area contributed by atoms with Gasteiger partial charge in [0.15, 0.2) is 0 Å². The Balaban J connectivity index is 1.31. The average Bonchev–Trinajstić information content (AvgIpc) is 3.06. The van der Waals surface area contributed by atoms with Gasteiger partial charge in [-0.2, -0.15) is 0 Å². The number of pyridine rings is 1. The highest BCUT2D eigenvalue weighted by atomic mass is 35.5. The van der Waals surface area contributed by atoms with Gasteiger partial charge >= 0.3 is 0 Å². The molecule has 2 atom stereocenters. The summed E-state index contributed by atoms with van der Waals surface area (Å²) in [6.07, 6.45) is 3.07. The third kappa shape index (κ3) is 3.69. The number of hydrogen-bond donors (Lipinski definition) is 0. The maximum Gasteiger partial charge on any atom is 0.260 e. The van der Waals surface area contributed by atoms with Gasteiger partial charge < -0.3 is 4.57 Å². The van der Waals surface area contributed by atoms with E-state index in [9.17, 15) is 9.59 Å². The molecule has 3 aliphatic heterocycles. The van der Waals surface area contributed by atoms with Gasteiger partial charge in [-0.05, 0) is 49.1 Å². The van der Waals surface area contributed by atoms with Crippen LogP contribution < -0.4 is 10.5 Å². The normalized spacial score (nSPS) is 22.7. The lowest BCUT2D eigenvalue weighted by molar-refractivity contribution is -0.113. The first kappa shape index (κ1) is 21.4. The molecule has 2 aromatic carbocycles. The molecule has 6 rings (SSSR count). The summed E-state index contributed by atoms with van der Waals surface area (Å²) in [5.74, 6) is 0.719. The van der Waals surface area contributed by atoms with E-state index in [0.29, 0.717) is 29.1 Å². The van der Waals surface area contributed by atoms with Crippen LogP contribution in [0.25, 0.3) is 11.6 Å². The fourth-order valence-corrected chi connectivity index (χ4v) is 5.91. The van der Waals surface area contributed by atoms with Crippen LogP contribution in [0.1, 0.15) is 34.7 Å². The Morgan fingerprint density at radius 1 is 1.00 bits per heavy atom. The molecule has 0 radical (unpaired) electrons. The fraction of sp³-hybridized carbons (Fsp3) is 0.286. The molecule has 6 heteroatoms. The Hall–Kier alpha value is -3.15. The summed E-state index contributed by atoms with van der Waals surface area (Å²) < 4.78 is 1.94. The molecule has 0 spiro atoms. The van der Waals surface area contributed by atoms with Gasteiger partial charge in [-0.25, -0.2) is 0 Å². The Labute approximate surface area is 203 Å². The van der Waals surface area contributed by atoms with Gasteiger partial charge in [-0.15, -0.1) is 0 Å². The minimum absolute atomic E-state index is 0.00481. The van der Waals surface area contributed by atoms with E-state index in [-0.39, 0.29) is 11.5 Å². The number of carbonyl (C=O) groups excluding carboxylic acids is 1. The fourth-order valence-electron chi connectivity index (χ4n) is 5.75. The minimum Gasteiger partial charge on any atom is -0.312 e. The number of aromatic nitrogens is 1. The van der Waals surface area contributed by atoms with Gasteiger partial charge in [-0.1, -0.05) is 53.6 Å². The van der Waals surface area contributed by atoms with Crippen molar-refractivity contribution in [3.8, 4) is 0 Å². The molecule has 1 fully saturated rings. The lowest BCUT2D eigenvalue weighted by Crippen LogP contribution is -2.50. The maximum absolute atomic E-state index is 13.7. The third-order valence-corrected chi connectivity index (χ3v) is 7.54. The number of amides is 1. The molecule has 0 saturated carbocycles. The zero-order valence-corrected chi connectivity index (χ0v) is 19.8. The van der Waals surface area contributed by atoms with Crippen LogP contribution in [0.5, 0.6) is 0 Å². The summed E-state index contributed by atoms with van der Waals surface area (Å²) in [6.45, 7) is 5.02. The summed E-state index contributed by atoms with van der Waals surface area (Å²) in [6, 6.07) is 19.5. The largest absolute Gasteiger partial charge is 0.312 e. The number of halogens is 1. The molecule has 2 bridgehead atoms. The molecule has 0 N–H and O–H groups in total. The molecule has 3 aromatic rings. The number of hydrogen-bond acceptors (Lipinski definition) is 3. The van der Waals surface area contributed by atoms with Crippen molar-refractivity contribution >= 4 is 34.8 Å². The predicted octanol–water partition coefficient (Wildman–Crippen LogP) is 4.77. The van der Waals surface area contributed by atoms with Crippen molar-refractivity contribution in [2.45, 2.75) is 25.8 Å². The highest BCUT2D eigenvalue weighted by molar-refractivity contribution is 6.37. The van der Waals surface area contributed by atoms with Crippen molar-refractivity contribution < 1.29 is 4.79 Å². The van der Waals surface area contributed by atoms with E-state index in [0.717, 1.165) is 48.6 Å². The smallest absolute Gasteiger partial charge is 0.260 e. The number of benzene rings is 2. The summed E-state index contributed by atoms with van der Waals surface area (Å²) in [4.78, 5) is 30.2. The van der Waals surface area contributed by atoms with E-state index < -0.39 is 0 Å². The molecule has 0 aliphatic carbocycles. The van der Waals surface area contributed by atoms with Crippen LogP contribution in [0, 0.1) is 12.8 Å². The van der Waals surface area contributed by atoms with Crippen LogP contribution in [0.3, 0.4) is 0 Å². The number of piperidine rings is 1. The van der Waals surface area contributed by atoms with Crippen LogP contribution >= 0.6 is 11.6 Å². The average molecular weight is 472 g/mol. The summed E-state index contributed by atoms with van der Waals surface area (Å²) in [7, 11) is 0. The van der Waals surface area contributed by atoms with E-state index in [1.54, 1.807) is 6.07 Å². The van der Waals surface area contributed by atoms with Crippen LogP contribution in [0.2, 0.25) is 5.02 Å². The Morgan fingerprint density at radius 2 is 1.82 bits per heavy atom. The molecule has 5 nitrogen and oxygen atoms in total. The molecule has 34 heavy (non-hydrogen) atoms. The van der Waals surface area contributed by atoms with Gasteiger partial charge in [0.2, 0.25) is 0 Å². The van der Waals surface area contributed by atoms with Gasteiger partial charge in [0.25, 0.3) is 11.5 Å². The van der Waals surface area contributed by atoms with Crippen LogP contribution in [-0.4, -0.2) is 35.1 Å². The van der Waals surface area contributed by atoms with Gasteiger partial charge in [-0.3, -0.25) is 19.4 Å². The number of anilines is 1. The quantitative estimate of drug-likeness (QED) is 0.517. The number of nitrogens with zero attached hydrogens (tertiary/aromatic N) is 3. The van der Waals surface area contributed by atoms with Gasteiger partial charge in [0.1, 0.15) is 0 Å². The minimum atomic E-state index is 0.00481. The lowest BCUT2D eigenvalue weighted by Gasteiger charge is -2.43. The first-order chi connectivity index (χ1) is 16.5. The summed E-state index contributed by atoms with van der Waals surface area (Å²) in [5, 5.41) is 0.622. The molecular weight excluding hydrogens is 446 g/mol. The third-order valence-electron chi connectivity index (χ3n) is 7.30. The van der Waals surface area contributed by atoms with Crippen molar-refractivity contribution in [3.63, 3.8) is 0 Å². The van der Waals surface area contributed by atoms with Crippen molar-refractivity contribution in [3.05, 3.63) is 98.4 Å². The van der Waals surface area contributed by atoms with E-state index in [4.69, 9.17) is 11.6 Å². The standard InChI is InChI=1S/C28H26ClN3O2/c1-18-5-7-19(8-6-18)12-24-23-10-9-22(29)13-26(23)32(28(24)34)17-30-14-20-11-21(16-30)25-3-2-4-27(33)31(25)15-20/h2-10,12-13,20-21H,11,14-17H2,1H3. The Bertz CT molecular complexity index is 1380. The summed E-state index contributed by atoms with van der Waals surface area (Å²) >= 11 is 6.35. The van der Waals surface area contributed by atoms with Crippen LogP contribution in [0.4, 0.5) is 5.69 Å². The van der Waals surface area contributed by atoms with Crippen molar-refractivity contribution in [1.29, 1.82) is 0 Å². The second-order valence-electron chi connectivity index (χ2n) is 9.74. The van der Waals surface area contributed by atoms with Crippen molar-refractivity contribution in [2.75, 3.05) is 24.7 Å². The van der Waals surface area contributed by atoms with Crippen molar-refractivity contribution in [2.24, 2.45) is 5.92 Å². The first-order valence-corrected chi connectivity index (χ1v) is 12.2. The zero-order chi connectivity index (χ0) is 23.4. The SMILES string of the molecule is Cc1ccc(C=C2C(=O)N(CN3CC4CC(C3)c3cccc(=O)n3C4)c3cc(Cl)ccc32)cc1. The molecule has 4 heterocycles. The molecule has 1 aromatic heterocycles. The number of likely N-dealkylation sites (tertiary alicyclic amines) is 1. The van der Waals surface area contributed by atoms with E-state index in [1.165, 1.54) is 5.56 Å². The second-order valence-corrected chi connectivity index (χ2v) is 10.2.